The number of anilines is 1. The van der Waals surface area contributed by atoms with Crippen LogP contribution in [0.1, 0.15) is 24.7 Å². The maximum Gasteiger partial charge on any atom is 0.117 e. The zero-order chi connectivity index (χ0) is 12.8. The largest absolute Gasteiger partial charge is 0.468 e. The summed E-state index contributed by atoms with van der Waals surface area (Å²) in [5.74, 6) is 0.998. The highest BCUT2D eigenvalue weighted by atomic mass is 16.3. The van der Waals surface area contributed by atoms with Gasteiger partial charge < -0.3 is 10.2 Å². The summed E-state index contributed by atoms with van der Waals surface area (Å²) >= 11 is 0. The van der Waals surface area contributed by atoms with Gasteiger partial charge in [-0.05, 0) is 36.7 Å². The van der Waals surface area contributed by atoms with E-state index in [0.29, 0.717) is 0 Å². The summed E-state index contributed by atoms with van der Waals surface area (Å²) in [5, 5.41) is 0. The highest BCUT2D eigenvalue weighted by Gasteiger charge is 2.09. The van der Waals surface area contributed by atoms with Crippen LogP contribution in [0.5, 0.6) is 0 Å². The molecule has 96 valence electrons. The highest BCUT2D eigenvalue weighted by Crippen LogP contribution is 2.15. The average Bonchev–Trinajstić information content (AvgIpc) is 2.85. The Morgan fingerprint density at radius 1 is 1.11 bits per heavy atom. The molecule has 0 spiro atoms. The Balaban J connectivity index is 2.04. The lowest BCUT2D eigenvalue weighted by atomic mass is 10.1. The van der Waals surface area contributed by atoms with Crippen molar-refractivity contribution >= 4 is 5.69 Å². The lowest BCUT2D eigenvalue weighted by Gasteiger charge is -2.21. The summed E-state index contributed by atoms with van der Waals surface area (Å²) in [5.41, 5.74) is 8.03. The Morgan fingerprint density at radius 2 is 1.94 bits per heavy atom. The second-order valence-electron chi connectivity index (χ2n) is 4.49. The Hall–Kier alpha value is -1.74. The van der Waals surface area contributed by atoms with Crippen LogP contribution in [0.3, 0.4) is 0 Å². The van der Waals surface area contributed by atoms with Crippen LogP contribution in [0, 0.1) is 0 Å². The third-order valence-electron chi connectivity index (χ3n) is 2.95. The molecule has 3 heteroatoms. The molecule has 3 nitrogen and oxygen atoms in total. The van der Waals surface area contributed by atoms with Crippen LogP contribution in [-0.4, -0.2) is 11.4 Å². The zero-order valence-corrected chi connectivity index (χ0v) is 10.8. The molecule has 0 aliphatic carbocycles. The van der Waals surface area contributed by atoms with E-state index >= 15 is 0 Å². The number of hydrogen-bond donors (Lipinski definition) is 1. The van der Waals surface area contributed by atoms with Crippen molar-refractivity contribution in [2.24, 2.45) is 0 Å². The van der Waals surface area contributed by atoms with Crippen molar-refractivity contribution < 1.29 is 4.42 Å². The summed E-state index contributed by atoms with van der Waals surface area (Å²) in [6, 6.07) is 12.0. The first-order chi connectivity index (χ1) is 8.79. The van der Waals surface area contributed by atoms with E-state index in [1.807, 2.05) is 30.3 Å². The van der Waals surface area contributed by atoms with E-state index in [-0.39, 0.29) is 0 Å². The Labute approximate surface area is 108 Å². The fourth-order valence-corrected chi connectivity index (χ4v) is 2.07. The van der Waals surface area contributed by atoms with Gasteiger partial charge in [0.25, 0.3) is 0 Å². The molecule has 0 atom stereocenters. The van der Waals surface area contributed by atoms with Crippen molar-refractivity contribution in [2.45, 2.75) is 26.4 Å². The summed E-state index contributed by atoms with van der Waals surface area (Å²) in [6.07, 6.45) is 2.84. The second kappa shape index (κ2) is 6.26. The van der Waals surface area contributed by atoms with Crippen LogP contribution in [0.4, 0.5) is 5.69 Å². The minimum absolute atomic E-state index is 0.829. The van der Waals surface area contributed by atoms with Gasteiger partial charge in [0.15, 0.2) is 0 Å². The van der Waals surface area contributed by atoms with Crippen LogP contribution in [0.25, 0.3) is 0 Å². The van der Waals surface area contributed by atoms with Crippen LogP contribution >= 0.6 is 0 Å². The molecule has 0 bridgehead atoms. The van der Waals surface area contributed by atoms with Crippen LogP contribution in [0.2, 0.25) is 0 Å². The molecule has 1 heterocycles. The van der Waals surface area contributed by atoms with Crippen LogP contribution in [-0.2, 0) is 13.1 Å². The van der Waals surface area contributed by atoms with Crippen molar-refractivity contribution in [3.8, 4) is 0 Å². The Morgan fingerprint density at radius 3 is 2.61 bits per heavy atom. The minimum atomic E-state index is 0.829. The maximum atomic E-state index is 5.99. The first-order valence-electron chi connectivity index (χ1n) is 6.37. The van der Waals surface area contributed by atoms with Crippen LogP contribution < -0.4 is 5.73 Å². The van der Waals surface area contributed by atoms with Gasteiger partial charge in [-0.25, -0.2) is 0 Å². The zero-order valence-electron chi connectivity index (χ0n) is 10.8. The SMILES string of the molecule is CCCN(Cc1ccco1)Cc1ccccc1N. The minimum Gasteiger partial charge on any atom is -0.468 e. The van der Waals surface area contributed by atoms with E-state index in [0.717, 1.165) is 37.5 Å². The molecule has 2 rings (SSSR count). The van der Waals surface area contributed by atoms with Gasteiger partial charge in [0.05, 0.1) is 12.8 Å². The molecule has 0 saturated heterocycles. The number of furan rings is 1. The number of hydrogen-bond acceptors (Lipinski definition) is 3. The molecular weight excluding hydrogens is 224 g/mol. The normalized spacial score (nSPS) is 11.0. The summed E-state index contributed by atoms with van der Waals surface area (Å²) in [7, 11) is 0. The number of para-hydroxylation sites is 1. The van der Waals surface area contributed by atoms with Gasteiger partial charge in [0, 0.05) is 12.2 Å². The molecule has 0 unspecified atom stereocenters. The smallest absolute Gasteiger partial charge is 0.117 e. The number of nitrogen functional groups attached to an aromatic ring is 1. The Kier molecular flexibility index (Phi) is 4.42. The third kappa shape index (κ3) is 3.37. The maximum absolute atomic E-state index is 5.99. The number of nitrogens with two attached hydrogens (primary N) is 1. The summed E-state index contributed by atoms with van der Waals surface area (Å²) < 4.78 is 5.41. The quantitative estimate of drug-likeness (QED) is 0.793. The van der Waals surface area contributed by atoms with Gasteiger partial charge >= 0.3 is 0 Å². The predicted molar refractivity (Wildman–Crippen MR) is 74.0 cm³/mol. The lowest BCUT2D eigenvalue weighted by Crippen LogP contribution is -2.23. The topological polar surface area (TPSA) is 42.4 Å². The molecule has 0 radical (unpaired) electrons. The number of nitrogens with zero attached hydrogens (tertiary/aromatic N) is 1. The van der Waals surface area contributed by atoms with Gasteiger partial charge in [0.1, 0.15) is 5.76 Å². The summed E-state index contributed by atoms with van der Waals surface area (Å²) in [6.45, 7) is 4.91. The fraction of sp³-hybridized carbons (Fsp3) is 0.333. The standard InChI is InChI=1S/C15H20N2O/c1-2-9-17(12-14-7-5-10-18-14)11-13-6-3-4-8-15(13)16/h3-8,10H,2,9,11-12,16H2,1H3. The number of rotatable bonds is 6. The van der Waals surface area contributed by atoms with Crippen molar-refractivity contribution in [1.29, 1.82) is 0 Å². The predicted octanol–water partition coefficient (Wildman–Crippen LogP) is 3.27. The van der Waals surface area contributed by atoms with Gasteiger partial charge in [0.2, 0.25) is 0 Å². The molecule has 1 aromatic heterocycles. The van der Waals surface area contributed by atoms with Gasteiger partial charge in [-0.15, -0.1) is 0 Å². The van der Waals surface area contributed by atoms with Gasteiger partial charge in [-0.2, -0.15) is 0 Å². The molecule has 2 aromatic rings. The lowest BCUT2D eigenvalue weighted by molar-refractivity contribution is 0.236. The Bertz CT molecular complexity index is 465. The van der Waals surface area contributed by atoms with Crippen molar-refractivity contribution in [3.63, 3.8) is 0 Å². The fourth-order valence-electron chi connectivity index (χ4n) is 2.07. The van der Waals surface area contributed by atoms with Crippen LogP contribution in [0.15, 0.2) is 47.1 Å². The van der Waals surface area contributed by atoms with E-state index in [1.54, 1.807) is 6.26 Å². The molecule has 0 aliphatic heterocycles. The molecular formula is C15H20N2O. The van der Waals surface area contributed by atoms with E-state index in [9.17, 15) is 0 Å². The van der Waals surface area contributed by atoms with Crippen molar-refractivity contribution in [1.82, 2.24) is 4.90 Å². The first kappa shape index (κ1) is 12.7. The van der Waals surface area contributed by atoms with Crippen molar-refractivity contribution in [3.05, 3.63) is 54.0 Å². The van der Waals surface area contributed by atoms with E-state index in [4.69, 9.17) is 10.2 Å². The van der Waals surface area contributed by atoms with E-state index in [1.165, 1.54) is 5.56 Å². The molecule has 0 aliphatic rings. The first-order valence-corrected chi connectivity index (χ1v) is 6.37. The molecule has 1 aromatic carbocycles. The molecule has 18 heavy (non-hydrogen) atoms. The van der Waals surface area contributed by atoms with Gasteiger partial charge in [-0.3, -0.25) is 4.90 Å². The monoisotopic (exact) mass is 244 g/mol. The second-order valence-corrected chi connectivity index (χ2v) is 4.49. The molecule has 0 fully saturated rings. The highest BCUT2D eigenvalue weighted by molar-refractivity contribution is 5.46. The summed E-state index contributed by atoms with van der Waals surface area (Å²) in [4.78, 5) is 2.35. The molecule has 2 N–H and O–H groups in total. The van der Waals surface area contributed by atoms with Crippen molar-refractivity contribution in [2.75, 3.05) is 12.3 Å². The van der Waals surface area contributed by atoms with Gasteiger partial charge in [-0.1, -0.05) is 25.1 Å². The van der Waals surface area contributed by atoms with E-state index < -0.39 is 0 Å². The average molecular weight is 244 g/mol. The number of benzene rings is 1. The molecule has 0 amide bonds. The third-order valence-corrected chi connectivity index (χ3v) is 2.95. The molecule has 0 saturated carbocycles. The van der Waals surface area contributed by atoms with E-state index in [2.05, 4.69) is 17.9 Å².